The van der Waals surface area contributed by atoms with Crippen molar-refractivity contribution in [2.24, 2.45) is 0 Å². The second-order valence-electron chi connectivity index (χ2n) is 4.13. The molecule has 0 aromatic heterocycles. The fourth-order valence-electron chi connectivity index (χ4n) is 1.46. The molecule has 0 atom stereocenters. The molecular formula is C12H4F9O2-. The van der Waals surface area contributed by atoms with Crippen molar-refractivity contribution in [1.82, 2.24) is 0 Å². The van der Waals surface area contributed by atoms with Gasteiger partial charge < -0.3 is 5.11 Å². The van der Waals surface area contributed by atoms with Crippen molar-refractivity contribution < 1.29 is 49.4 Å². The zero-order chi connectivity index (χ0) is 18.2. The van der Waals surface area contributed by atoms with Crippen molar-refractivity contribution in [2.75, 3.05) is 0 Å². The summed E-state index contributed by atoms with van der Waals surface area (Å²) in [4.78, 5) is 10.6. The molecule has 128 valence electrons. The van der Waals surface area contributed by atoms with Crippen molar-refractivity contribution in [3.8, 4) is 0 Å². The molecule has 0 aliphatic rings. The van der Waals surface area contributed by atoms with Gasteiger partial charge in [0.15, 0.2) is 0 Å². The number of ketones is 1. The highest BCUT2D eigenvalue weighted by Gasteiger charge is 2.43. The first kappa shape index (κ1) is 18.8. The summed E-state index contributed by atoms with van der Waals surface area (Å²) >= 11 is 0. The van der Waals surface area contributed by atoms with E-state index in [9.17, 15) is 49.4 Å². The minimum absolute atomic E-state index is 0.0953. The quantitative estimate of drug-likeness (QED) is 0.464. The van der Waals surface area contributed by atoms with Gasteiger partial charge in [0.25, 0.3) is 5.78 Å². The number of alkyl halides is 9. The highest BCUT2D eigenvalue weighted by atomic mass is 19.4. The van der Waals surface area contributed by atoms with Crippen LogP contribution < -0.4 is 5.11 Å². The summed E-state index contributed by atoms with van der Waals surface area (Å²) < 4.78 is 111. The Labute approximate surface area is 121 Å². The SMILES string of the molecule is O=C(/C=C(\[O-])c1ccc(C(F)(F)F)c(C(F)(F)F)c1)C(F)(F)F. The first-order valence-corrected chi connectivity index (χ1v) is 5.42. The lowest BCUT2D eigenvalue weighted by atomic mass is 10.0. The number of hydrogen-bond donors (Lipinski definition) is 0. The molecule has 23 heavy (non-hydrogen) atoms. The molecule has 11 heteroatoms. The Bertz CT molecular complexity index is 635. The fourth-order valence-corrected chi connectivity index (χ4v) is 1.46. The second-order valence-corrected chi connectivity index (χ2v) is 4.13. The number of allylic oxidation sites excluding steroid dienone is 1. The molecule has 0 amide bonds. The zero-order valence-corrected chi connectivity index (χ0v) is 10.5. The van der Waals surface area contributed by atoms with E-state index in [0.717, 1.165) is 0 Å². The van der Waals surface area contributed by atoms with Crippen LogP contribution in [0.3, 0.4) is 0 Å². The summed E-state index contributed by atoms with van der Waals surface area (Å²) in [7, 11) is 0. The predicted octanol–water partition coefficient (Wildman–Crippen LogP) is 3.56. The van der Waals surface area contributed by atoms with Crippen molar-refractivity contribution in [1.29, 1.82) is 0 Å². The van der Waals surface area contributed by atoms with Crippen molar-refractivity contribution in [2.45, 2.75) is 18.5 Å². The van der Waals surface area contributed by atoms with E-state index in [-0.39, 0.29) is 18.2 Å². The lowest BCUT2D eigenvalue weighted by Crippen LogP contribution is -2.22. The molecule has 0 radical (unpaired) electrons. The monoisotopic (exact) mass is 351 g/mol. The summed E-state index contributed by atoms with van der Waals surface area (Å²) in [6, 6.07) is -0.103. The molecule has 0 aliphatic carbocycles. The van der Waals surface area contributed by atoms with Crippen LogP contribution in [-0.4, -0.2) is 12.0 Å². The van der Waals surface area contributed by atoms with Gasteiger partial charge in [0.2, 0.25) is 0 Å². The molecule has 1 aromatic rings. The number of rotatable bonds is 2. The lowest BCUT2D eigenvalue weighted by Gasteiger charge is -2.19. The maximum Gasteiger partial charge on any atom is 0.454 e. The van der Waals surface area contributed by atoms with Crippen LogP contribution in [0.5, 0.6) is 0 Å². The Morgan fingerprint density at radius 2 is 1.35 bits per heavy atom. The molecule has 1 aromatic carbocycles. The van der Waals surface area contributed by atoms with Crippen LogP contribution in [0.4, 0.5) is 39.5 Å². The minimum Gasteiger partial charge on any atom is -0.872 e. The van der Waals surface area contributed by atoms with Crippen molar-refractivity contribution in [3.05, 3.63) is 41.0 Å². The Kier molecular flexibility index (Phi) is 4.74. The minimum atomic E-state index is -5.50. The Balaban J connectivity index is 3.42. The van der Waals surface area contributed by atoms with E-state index in [1.807, 2.05) is 0 Å². The van der Waals surface area contributed by atoms with Crippen LogP contribution in [0.25, 0.3) is 5.76 Å². The molecular weight excluding hydrogens is 347 g/mol. The molecule has 1 rings (SSSR count). The third-order valence-corrected chi connectivity index (χ3v) is 2.46. The molecule has 0 N–H and O–H groups in total. The van der Waals surface area contributed by atoms with Gasteiger partial charge in [0.1, 0.15) is 0 Å². The first-order valence-electron chi connectivity index (χ1n) is 5.42. The normalized spacial score (nSPS) is 14.0. The van der Waals surface area contributed by atoms with Crippen LogP contribution in [0.1, 0.15) is 16.7 Å². The van der Waals surface area contributed by atoms with Gasteiger partial charge in [-0.3, -0.25) is 4.79 Å². The topological polar surface area (TPSA) is 40.1 Å². The summed E-state index contributed by atoms with van der Waals surface area (Å²) in [5, 5.41) is 11.3. The maximum atomic E-state index is 12.6. The highest BCUT2D eigenvalue weighted by Crippen LogP contribution is 2.41. The third-order valence-electron chi connectivity index (χ3n) is 2.46. The van der Waals surface area contributed by atoms with E-state index in [1.54, 1.807) is 0 Å². The largest absolute Gasteiger partial charge is 0.872 e. The van der Waals surface area contributed by atoms with E-state index in [4.69, 9.17) is 0 Å². The van der Waals surface area contributed by atoms with E-state index >= 15 is 0 Å². The molecule has 0 unspecified atom stereocenters. The number of carbonyl (C=O) groups is 1. The average molecular weight is 351 g/mol. The van der Waals surface area contributed by atoms with Gasteiger partial charge in [-0.1, -0.05) is 11.8 Å². The zero-order valence-electron chi connectivity index (χ0n) is 10.5. The van der Waals surface area contributed by atoms with Gasteiger partial charge in [-0.2, -0.15) is 39.5 Å². The fraction of sp³-hybridized carbons (Fsp3) is 0.250. The average Bonchev–Trinajstić information content (AvgIpc) is 2.34. The lowest BCUT2D eigenvalue weighted by molar-refractivity contribution is -0.244. The first-order chi connectivity index (χ1) is 10.1. The predicted molar refractivity (Wildman–Crippen MR) is 55.5 cm³/mol. The van der Waals surface area contributed by atoms with Gasteiger partial charge in [0.05, 0.1) is 11.1 Å². The van der Waals surface area contributed by atoms with Crippen LogP contribution >= 0.6 is 0 Å². The van der Waals surface area contributed by atoms with E-state index in [2.05, 4.69) is 0 Å². The highest BCUT2D eigenvalue weighted by molar-refractivity contribution is 5.98. The molecule has 0 saturated carbocycles. The second kappa shape index (κ2) is 5.78. The Morgan fingerprint density at radius 3 is 1.74 bits per heavy atom. The van der Waals surface area contributed by atoms with E-state index in [0.29, 0.717) is 0 Å². The summed E-state index contributed by atoms with van der Waals surface area (Å²) in [6.07, 6.45) is -16.9. The summed E-state index contributed by atoms with van der Waals surface area (Å²) in [5.74, 6) is -4.44. The molecule has 0 saturated heterocycles. The molecule has 0 spiro atoms. The van der Waals surface area contributed by atoms with Crippen LogP contribution in [-0.2, 0) is 17.1 Å². The maximum absolute atomic E-state index is 12.6. The van der Waals surface area contributed by atoms with E-state index in [1.165, 1.54) is 0 Å². The van der Waals surface area contributed by atoms with E-state index < -0.39 is 52.8 Å². The van der Waals surface area contributed by atoms with Crippen LogP contribution in [0.2, 0.25) is 0 Å². The number of halogens is 9. The summed E-state index contributed by atoms with van der Waals surface area (Å²) in [6.45, 7) is 0. The van der Waals surface area contributed by atoms with Crippen molar-refractivity contribution >= 4 is 11.5 Å². The van der Waals surface area contributed by atoms with Gasteiger partial charge in [-0.05, 0) is 23.8 Å². The van der Waals surface area contributed by atoms with Gasteiger partial charge >= 0.3 is 18.5 Å². The van der Waals surface area contributed by atoms with Gasteiger partial charge in [-0.25, -0.2) is 0 Å². The Morgan fingerprint density at radius 1 is 0.870 bits per heavy atom. The summed E-state index contributed by atoms with van der Waals surface area (Å²) in [5.41, 5.74) is -5.49. The number of hydrogen-bond acceptors (Lipinski definition) is 2. The molecule has 0 bridgehead atoms. The van der Waals surface area contributed by atoms with Crippen molar-refractivity contribution in [3.63, 3.8) is 0 Å². The van der Waals surface area contributed by atoms with Crippen LogP contribution in [0.15, 0.2) is 24.3 Å². The van der Waals surface area contributed by atoms with Gasteiger partial charge in [-0.15, -0.1) is 0 Å². The standard InChI is InChI=1S/C12H5F9O2/c13-10(14,15)6-2-1-5(3-7(6)11(16,17)18)8(22)4-9(23)12(19,20)21/h1-4,22H/p-1/b8-4-. The molecule has 0 fully saturated rings. The van der Waals surface area contributed by atoms with Crippen LogP contribution in [0, 0.1) is 0 Å². The molecule has 2 nitrogen and oxygen atoms in total. The number of benzene rings is 1. The molecule has 0 heterocycles. The molecule has 0 aliphatic heterocycles. The van der Waals surface area contributed by atoms with Gasteiger partial charge in [0, 0.05) is 0 Å². The third kappa shape index (κ3) is 4.63. The Hall–Kier alpha value is -2.20. The number of carbonyl (C=O) groups excluding carboxylic acids is 1. The smallest absolute Gasteiger partial charge is 0.454 e.